The van der Waals surface area contributed by atoms with Gasteiger partial charge in [0.25, 0.3) is 5.91 Å². The van der Waals surface area contributed by atoms with Gasteiger partial charge in [-0.2, -0.15) is 0 Å². The number of ether oxygens (including phenoxy) is 1. The zero-order valence-corrected chi connectivity index (χ0v) is 13.0. The van der Waals surface area contributed by atoms with E-state index >= 15 is 0 Å². The molecule has 0 saturated heterocycles. The fourth-order valence-electron chi connectivity index (χ4n) is 2.11. The van der Waals surface area contributed by atoms with Crippen molar-refractivity contribution in [1.29, 1.82) is 0 Å². The summed E-state index contributed by atoms with van der Waals surface area (Å²) in [6.45, 7) is 1.87. The lowest BCUT2D eigenvalue weighted by molar-refractivity contribution is -0.125. The minimum atomic E-state index is -3.36. The highest BCUT2D eigenvalue weighted by Gasteiger charge is 2.32. The molecule has 1 unspecified atom stereocenters. The molecule has 0 radical (unpaired) electrons. The number of amides is 1. The van der Waals surface area contributed by atoms with E-state index in [2.05, 4.69) is 4.72 Å². The molecule has 1 aromatic carbocycles. The number of carbonyl (C=O) groups is 1. The minimum absolute atomic E-state index is 0.0520. The maximum Gasteiger partial charge on any atom is 0.269 e. The average Bonchev–Trinajstić information content (AvgIpc) is 2.47. The van der Waals surface area contributed by atoms with Crippen molar-refractivity contribution < 1.29 is 17.9 Å². The number of unbranched alkanes of at least 4 members (excludes halogenated alkanes) is 1. The first-order valence-corrected chi connectivity index (χ1v) is 8.60. The summed E-state index contributed by atoms with van der Waals surface area (Å²) in [5, 5.41) is 0. The summed E-state index contributed by atoms with van der Waals surface area (Å²) in [6, 6.07) is 7.18. The van der Waals surface area contributed by atoms with Gasteiger partial charge >= 0.3 is 0 Å². The molecule has 0 saturated carbocycles. The van der Waals surface area contributed by atoms with E-state index in [0.717, 1.165) is 6.42 Å². The van der Waals surface area contributed by atoms with Crippen LogP contribution in [0.1, 0.15) is 19.8 Å². The molecule has 1 amide bonds. The predicted molar refractivity (Wildman–Crippen MR) is 81.0 cm³/mol. The lowest BCUT2D eigenvalue weighted by atomic mass is 10.2. The molecule has 1 N–H and O–H groups in total. The number of sulfonamides is 1. The summed E-state index contributed by atoms with van der Waals surface area (Å²) in [7, 11) is -1.71. The van der Waals surface area contributed by atoms with Crippen LogP contribution in [0, 0.1) is 0 Å². The van der Waals surface area contributed by atoms with Crippen molar-refractivity contribution >= 4 is 21.6 Å². The standard InChI is InChI=1S/C14H20N2O4S/c1-3-4-9-21(18,19)15-10-13-14(17)16(2)11-7-5-6-8-12(11)20-13/h5-8,13,15H,3-4,9-10H2,1-2H3. The summed E-state index contributed by atoms with van der Waals surface area (Å²) < 4.78 is 31.6. The first kappa shape index (κ1) is 15.8. The van der Waals surface area contributed by atoms with Gasteiger partial charge < -0.3 is 9.64 Å². The van der Waals surface area contributed by atoms with Gasteiger partial charge in [-0.3, -0.25) is 4.79 Å². The summed E-state index contributed by atoms with van der Waals surface area (Å²) in [6.07, 6.45) is 0.564. The Balaban J connectivity index is 2.04. The van der Waals surface area contributed by atoms with Crippen molar-refractivity contribution in [3.8, 4) is 5.75 Å². The molecule has 1 atom stereocenters. The third-order valence-electron chi connectivity index (χ3n) is 3.36. The van der Waals surface area contributed by atoms with Crippen molar-refractivity contribution in [2.24, 2.45) is 0 Å². The number of benzene rings is 1. The van der Waals surface area contributed by atoms with Crippen molar-refractivity contribution in [3.63, 3.8) is 0 Å². The first-order chi connectivity index (χ1) is 9.94. The Hall–Kier alpha value is -1.60. The molecule has 1 heterocycles. The lowest BCUT2D eigenvalue weighted by Crippen LogP contribution is -2.49. The molecule has 21 heavy (non-hydrogen) atoms. The number of hydrogen-bond donors (Lipinski definition) is 1. The van der Waals surface area contributed by atoms with Crippen LogP contribution in [0.25, 0.3) is 0 Å². The van der Waals surface area contributed by atoms with Gasteiger partial charge in [-0.15, -0.1) is 0 Å². The highest BCUT2D eigenvalue weighted by Crippen LogP contribution is 2.32. The Morgan fingerprint density at radius 2 is 2.05 bits per heavy atom. The molecular formula is C14H20N2O4S. The minimum Gasteiger partial charge on any atom is -0.477 e. The van der Waals surface area contributed by atoms with Crippen LogP contribution in [0.4, 0.5) is 5.69 Å². The number of likely N-dealkylation sites (N-methyl/N-ethyl adjacent to an activating group) is 1. The first-order valence-electron chi connectivity index (χ1n) is 6.95. The van der Waals surface area contributed by atoms with Gasteiger partial charge in [-0.05, 0) is 18.6 Å². The zero-order valence-electron chi connectivity index (χ0n) is 12.2. The normalized spacial score (nSPS) is 18.3. The number of hydrogen-bond acceptors (Lipinski definition) is 4. The molecular weight excluding hydrogens is 292 g/mol. The predicted octanol–water partition coefficient (Wildman–Crippen LogP) is 1.13. The third-order valence-corrected chi connectivity index (χ3v) is 4.79. The molecule has 0 aliphatic carbocycles. The molecule has 116 valence electrons. The molecule has 7 heteroatoms. The fraction of sp³-hybridized carbons (Fsp3) is 0.500. The summed E-state index contributed by atoms with van der Waals surface area (Å²) in [5.74, 6) is 0.390. The van der Waals surface area contributed by atoms with Crippen molar-refractivity contribution in [2.45, 2.75) is 25.9 Å². The van der Waals surface area contributed by atoms with Crippen LogP contribution in [0.3, 0.4) is 0 Å². The number of carbonyl (C=O) groups excluding carboxylic acids is 1. The van der Waals surface area contributed by atoms with Gasteiger partial charge in [-0.25, -0.2) is 13.1 Å². The van der Waals surface area contributed by atoms with Crippen LogP contribution in [0.15, 0.2) is 24.3 Å². The van der Waals surface area contributed by atoms with Crippen LogP contribution in [-0.2, 0) is 14.8 Å². The molecule has 6 nitrogen and oxygen atoms in total. The summed E-state index contributed by atoms with van der Waals surface area (Å²) >= 11 is 0. The number of fused-ring (bicyclic) bond motifs is 1. The van der Waals surface area contributed by atoms with Crippen LogP contribution < -0.4 is 14.4 Å². The Kier molecular flexibility index (Phi) is 4.84. The maximum absolute atomic E-state index is 12.2. The number of nitrogens with zero attached hydrogens (tertiary/aromatic N) is 1. The van der Waals surface area contributed by atoms with E-state index in [1.165, 1.54) is 4.90 Å². The second-order valence-electron chi connectivity index (χ2n) is 4.99. The molecule has 1 aliphatic rings. The zero-order chi connectivity index (χ0) is 15.5. The molecule has 0 spiro atoms. The van der Waals surface area contributed by atoms with E-state index < -0.39 is 16.1 Å². The Bertz CT molecular complexity index is 615. The second kappa shape index (κ2) is 6.44. The highest BCUT2D eigenvalue weighted by atomic mass is 32.2. The number of para-hydroxylation sites is 2. The van der Waals surface area contributed by atoms with E-state index in [1.807, 2.05) is 19.1 Å². The SMILES string of the molecule is CCCCS(=O)(=O)NCC1Oc2ccccc2N(C)C1=O. The largest absolute Gasteiger partial charge is 0.477 e. The van der Waals surface area contributed by atoms with Crippen molar-refractivity contribution in [2.75, 3.05) is 24.2 Å². The van der Waals surface area contributed by atoms with Gasteiger partial charge in [0.15, 0.2) is 6.10 Å². The van der Waals surface area contributed by atoms with Crippen LogP contribution in [0.2, 0.25) is 0 Å². The Morgan fingerprint density at radius 1 is 1.33 bits per heavy atom. The van der Waals surface area contributed by atoms with Crippen LogP contribution in [-0.4, -0.2) is 39.8 Å². The summed E-state index contributed by atoms with van der Waals surface area (Å²) in [5.41, 5.74) is 0.688. The van der Waals surface area contributed by atoms with Crippen LogP contribution >= 0.6 is 0 Å². The smallest absolute Gasteiger partial charge is 0.269 e. The maximum atomic E-state index is 12.2. The number of nitrogens with one attached hydrogen (secondary N) is 1. The molecule has 0 fully saturated rings. The topological polar surface area (TPSA) is 75.7 Å². The average molecular weight is 312 g/mol. The second-order valence-corrected chi connectivity index (χ2v) is 6.92. The Morgan fingerprint density at radius 3 is 2.76 bits per heavy atom. The fourth-order valence-corrected chi connectivity index (χ4v) is 3.33. The molecule has 0 aromatic heterocycles. The highest BCUT2D eigenvalue weighted by molar-refractivity contribution is 7.89. The van der Waals surface area contributed by atoms with Gasteiger partial charge in [0.1, 0.15) is 5.75 Å². The van der Waals surface area contributed by atoms with Crippen LogP contribution in [0.5, 0.6) is 5.75 Å². The van der Waals surface area contributed by atoms with E-state index in [9.17, 15) is 13.2 Å². The van der Waals surface area contributed by atoms with E-state index in [4.69, 9.17) is 4.74 Å². The van der Waals surface area contributed by atoms with Crippen molar-refractivity contribution in [3.05, 3.63) is 24.3 Å². The molecule has 1 aromatic rings. The monoisotopic (exact) mass is 312 g/mol. The molecule has 1 aliphatic heterocycles. The quantitative estimate of drug-likeness (QED) is 0.854. The van der Waals surface area contributed by atoms with E-state index in [0.29, 0.717) is 17.9 Å². The number of rotatable bonds is 6. The molecule has 0 bridgehead atoms. The van der Waals surface area contributed by atoms with Gasteiger partial charge in [0, 0.05) is 7.05 Å². The van der Waals surface area contributed by atoms with Crippen molar-refractivity contribution in [1.82, 2.24) is 4.72 Å². The summed E-state index contributed by atoms with van der Waals surface area (Å²) in [4.78, 5) is 13.7. The Labute approximate surface area is 125 Å². The third kappa shape index (κ3) is 3.74. The lowest BCUT2D eigenvalue weighted by Gasteiger charge is -2.31. The molecule has 2 rings (SSSR count). The van der Waals surface area contributed by atoms with E-state index in [1.54, 1.807) is 19.2 Å². The number of anilines is 1. The van der Waals surface area contributed by atoms with Gasteiger partial charge in [0.2, 0.25) is 10.0 Å². The van der Waals surface area contributed by atoms with Gasteiger partial charge in [0.05, 0.1) is 18.0 Å². The van der Waals surface area contributed by atoms with Gasteiger partial charge in [-0.1, -0.05) is 25.5 Å². The van der Waals surface area contributed by atoms with E-state index in [-0.39, 0.29) is 18.2 Å².